The maximum absolute atomic E-state index is 13.6. The molecule has 0 atom stereocenters. The molecule has 1 nitrogen and oxygen atoms in total. The first kappa shape index (κ1) is 27.7. The number of nitrogens with zero attached hydrogens (tertiary/aromatic N) is 1. The van der Waals surface area contributed by atoms with Crippen LogP contribution in [0.1, 0.15) is 0 Å². The molecule has 0 spiro atoms. The lowest BCUT2D eigenvalue weighted by Gasteiger charge is -2.48. The Labute approximate surface area is 147 Å². The zero-order valence-electron chi connectivity index (χ0n) is 13.3. The van der Waals surface area contributed by atoms with Crippen LogP contribution in [0, 0.1) is 0 Å². The molecular formula is C10H6F18N+. The van der Waals surface area contributed by atoms with E-state index in [-0.39, 0.29) is 0 Å². The predicted octanol–water partition coefficient (Wildman–Crippen LogP) is 5.91. The molecule has 0 fully saturated rings. The summed E-state index contributed by atoms with van der Waals surface area (Å²) in [5.74, 6) is -31.8. The van der Waals surface area contributed by atoms with Gasteiger partial charge in [0.1, 0.15) is 0 Å². The van der Waals surface area contributed by atoms with Gasteiger partial charge in [0.15, 0.2) is 0 Å². The Morgan fingerprint density at radius 1 is 0.345 bits per heavy atom. The van der Waals surface area contributed by atoms with Crippen molar-refractivity contribution in [2.75, 3.05) is 14.1 Å². The van der Waals surface area contributed by atoms with Gasteiger partial charge in [-0.25, -0.2) is 0 Å². The molecule has 0 rings (SSSR count). The molecule has 0 saturated heterocycles. The van der Waals surface area contributed by atoms with E-state index in [0.29, 0.717) is 0 Å². The van der Waals surface area contributed by atoms with Gasteiger partial charge in [-0.3, -0.25) is 0 Å². The lowest BCUT2D eigenvalue weighted by atomic mass is 10.0. The van der Waals surface area contributed by atoms with Crippen molar-refractivity contribution in [2.45, 2.75) is 48.1 Å². The SMILES string of the molecule is C[N+](C)(C(F)(F)C(F)(F)C(F)(F)C(F)(F)F)C(F)(F)C(F)(F)C(F)(F)C(F)(F)F. The number of quaternary nitrogens is 1. The molecule has 0 bridgehead atoms. The van der Waals surface area contributed by atoms with Crippen LogP contribution in [-0.2, 0) is 0 Å². The third-order valence-electron chi connectivity index (χ3n) is 3.66. The second-order valence-electron chi connectivity index (χ2n) is 5.83. The second kappa shape index (κ2) is 6.35. The fourth-order valence-electron chi connectivity index (χ4n) is 1.61. The largest absolute Gasteiger partial charge is 0.466 e. The van der Waals surface area contributed by atoms with Crippen LogP contribution in [0.25, 0.3) is 0 Å². The summed E-state index contributed by atoms with van der Waals surface area (Å²) in [5, 5.41) is 0. The predicted molar refractivity (Wildman–Crippen MR) is 53.9 cm³/mol. The summed E-state index contributed by atoms with van der Waals surface area (Å²) in [6.07, 6.45) is -15.2. The summed E-state index contributed by atoms with van der Waals surface area (Å²) in [4.78, 5) is 0. The van der Waals surface area contributed by atoms with E-state index in [2.05, 4.69) is 0 Å². The molecule has 0 aromatic heterocycles. The number of hydrogen-bond acceptors (Lipinski definition) is 0. The molecule has 0 N–H and O–H groups in total. The molecule has 19 heteroatoms. The van der Waals surface area contributed by atoms with Gasteiger partial charge in [-0.05, 0) is 0 Å². The molecule has 0 aromatic rings. The lowest BCUT2D eigenvalue weighted by Crippen LogP contribution is -2.80. The molecular weight excluding hydrogens is 476 g/mol. The van der Waals surface area contributed by atoms with E-state index in [0.717, 1.165) is 0 Å². The number of alkyl halides is 18. The molecule has 0 aliphatic heterocycles. The zero-order valence-corrected chi connectivity index (χ0v) is 13.3. The van der Waals surface area contributed by atoms with Crippen molar-refractivity contribution in [3.8, 4) is 0 Å². The van der Waals surface area contributed by atoms with E-state index in [1.165, 1.54) is 0 Å². The summed E-state index contributed by atoms with van der Waals surface area (Å²) in [6, 6.07) is -15.4. The molecule has 0 unspecified atom stereocenters. The van der Waals surface area contributed by atoms with Crippen LogP contribution in [-0.4, -0.2) is 66.7 Å². The van der Waals surface area contributed by atoms with Crippen LogP contribution in [0.4, 0.5) is 79.0 Å². The minimum atomic E-state index is -8.02. The molecule has 0 heterocycles. The van der Waals surface area contributed by atoms with E-state index >= 15 is 0 Å². The lowest BCUT2D eigenvalue weighted by molar-refractivity contribution is -1.07. The van der Waals surface area contributed by atoms with Crippen LogP contribution in [0.2, 0.25) is 0 Å². The number of hydrogen-bond donors (Lipinski definition) is 0. The Morgan fingerprint density at radius 2 is 0.517 bits per heavy atom. The Kier molecular flexibility index (Phi) is 6.07. The fourth-order valence-corrected chi connectivity index (χ4v) is 1.61. The summed E-state index contributed by atoms with van der Waals surface area (Å²) < 4.78 is 225. The van der Waals surface area contributed by atoms with Crippen molar-refractivity contribution in [1.82, 2.24) is 0 Å². The van der Waals surface area contributed by atoms with Crippen LogP contribution in [0.15, 0.2) is 0 Å². The quantitative estimate of drug-likeness (QED) is 0.251. The topological polar surface area (TPSA) is 0 Å². The third-order valence-corrected chi connectivity index (χ3v) is 3.66. The Hall–Kier alpha value is -1.30. The molecule has 0 amide bonds. The van der Waals surface area contributed by atoms with Crippen molar-refractivity contribution < 1.29 is 83.5 Å². The first-order chi connectivity index (χ1) is 12.0. The molecule has 0 saturated carbocycles. The van der Waals surface area contributed by atoms with Crippen molar-refractivity contribution in [1.29, 1.82) is 0 Å². The highest BCUT2D eigenvalue weighted by atomic mass is 19.4. The van der Waals surface area contributed by atoms with Gasteiger partial charge in [0.25, 0.3) is 0 Å². The van der Waals surface area contributed by atoms with Gasteiger partial charge >= 0.3 is 48.1 Å². The molecule has 0 aliphatic carbocycles. The molecule has 0 radical (unpaired) electrons. The van der Waals surface area contributed by atoms with Gasteiger partial charge in [0, 0.05) is 0 Å². The standard InChI is InChI=1S/C10H6F18N/c1-29(2,9(25,26)5(15,16)3(11,12)7(19,20)21)10(27,28)6(17,18)4(13,14)8(22,23)24/h1-2H3/q+1. The van der Waals surface area contributed by atoms with Crippen LogP contribution < -0.4 is 0 Å². The minimum absolute atomic E-state index is 1.37. The highest BCUT2D eigenvalue weighted by Crippen LogP contribution is 2.61. The van der Waals surface area contributed by atoms with E-state index < -0.39 is 66.7 Å². The maximum Gasteiger partial charge on any atom is 0.466 e. The van der Waals surface area contributed by atoms with Gasteiger partial charge < -0.3 is 0 Å². The van der Waals surface area contributed by atoms with Crippen molar-refractivity contribution >= 4 is 0 Å². The normalized spacial score (nSPS) is 17.0. The molecule has 0 aromatic carbocycles. The average molecular weight is 482 g/mol. The average Bonchev–Trinajstić information content (AvgIpc) is 2.43. The van der Waals surface area contributed by atoms with Crippen LogP contribution >= 0.6 is 0 Å². The monoisotopic (exact) mass is 482 g/mol. The third kappa shape index (κ3) is 3.26. The Bertz CT molecular complexity index is 555. The molecule has 29 heavy (non-hydrogen) atoms. The van der Waals surface area contributed by atoms with E-state index in [9.17, 15) is 79.0 Å². The zero-order chi connectivity index (χ0) is 24.5. The maximum atomic E-state index is 13.6. The first-order valence-electron chi connectivity index (χ1n) is 6.24. The van der Waals surface area contributed by atoms with Gasteiger partial charge in [0.05, 0.1) is 14.1 Å². The highest BCUT2D eigenvalue weighted by Gasteiger charge is 2.94. The summed E-state index contributed by atoms with van der Waals surface area (Å²) in [5.41, 5.74) is 0. The number of halogens is 18. The van der Waals surface area contributed by atoms with Gasteiger partial charge in [-0.1, -0.05) is 0 Å². The summed E-state index contributed by atoms with van der Waals surface area (Å²) in [6.45, 7) is 0. The minimum Gasteiger partial charge on any atom is -0.197 e. The van der Waals surface area contributed by atoms with Crippen molar-refractivity contribution in [3.05, 3.63) is 0 Å². The van der Waals surface area contributed by atoms with E-state index in [1.807, 2.05) is 0 Å². The van der Waals surface area contributed by atoms with Gasteiger partial charge in [0.2, 0.25) is 0 Å². The fraction of sp³-hybridized carbons (Fsp3) is 1.00. The van der Waals surface area contributed by atoms with Gasteiger partial charge in [-0.2, -0.15) is 65.9 Å². The summed E-state index contributed by atoms with van der Waals surface area (Å²) >= 11 is 0. The van der Waals surface area contributed by atoms with Crippen LogP contribution in [0.5, 0.6) is 0 Å². The van der Waals surface area contributed by atoms with Gasteiger partial charge in [-0.15, -0.1) is 17.6 Å². The van der Waals surface area contributed by atoms with E-state index in [4.69, 9.17) is 0 Å². The van der Waals surface area contributed by atoms with Crippen molar-refractivity contribution in [3.63, 3.8) is 0 Å². The Morgan fingerprint density at radius 3 is 0.655 bits per heavy atom. The summed E-state index contributed by atoms with van der Waals surface area (Å²) in [7, 11) is -2.75. The first-order valence-corrected chi connectivity index (χ1v) is 6.24. The van der Waals surface area contributed by atoms with Crippen molar-refractivity contribution in [2.24, 2.45) is 0 Å². The van der Waals surface area contributed by atoms with E-state index in [1.54, 1.807) is 0 Å². The molecule has 176 valence electrons. The smallest absolute Gasteiger partial charge is 0.197 e. The Balaban J connectivity index is 6.82. The second-order valence-corrected chi connectivity index (χ2v) is 5.83. The molecule has 0 aliphatic rings. The van der Waals surface area contributed by atoms with Crippen LogP contribution in [0.3, 0.4) is 0 Å². The highest BCUT2D eigenvalue weighted by molar-refractivity contribution is 5.01. The number of rotatable bonds is 6.